The number of nitrogens with zero attached hydrogens (tertiary/aromatic N) is 4. The summed E-state index contributed by atoms with van der Waals surface area (Å²) in [5.74, 6) is -0.0360. The Hall–Kier alpha value is -2.49. The van der Waals surface area contributed by atoms with E-state index in [1.165, 1.54) is 4.31 Å². The molecule has 0 unspecified atom stereocenters. The Morgan fingerprint density at radius 2 is 1.86 bits per heavy atom. The zero-order valence-corrected chi connectivity index (χ0v) is 22.0. The highest BCUT2D eigenvalue weighted by Crippen LogP contribution is 2.30. The fourth-order valence-corrected chi connectivity index (χ4v) is 6.71. The van der Waals surface area contributed by atoms with Crippen LogP contribution < -0.4 is 0 Å². The van der Waals surface area contributed by atoms with E-state index in [4.69, 9.17) is 4.52 Å². The Bertz CT molecular complexity index is 1200. The van der Waals surface area contributed by atoms with Gasteiger partial charge >= 0.3 is 0 Å². The van der Waals surface area contributed by atoms with Gasteiger partial charge in [-0.3, -0.25) is 4.79 Å². The molecule has 0 aliphatic carbocycles. The highest BCUT2D eigenvalue weighted by atomic mass is 32.2. The maximum absolute atomic E-state index is 13.7. The highest BCUT2D eigenvalue weighted by molar-refractivity contribution is 7.89. The van der Waals surface area contributed by atoms with Crippen LogP contribution in [-0.2, 0) is 14.8 Å². The first-order valence-electron chi connectivity index (χ1n) is 12.4. The van der Waals surface area contributed by atoms with Crippen molar-refractivity contribution in [3.63, 3.8) is 0 Å². The van der Waals surface area contributed by atoms with Gasteiger partial charge in [-0.1, -0.05) is 41.9 Å². The van der Waals surface area contributed by atoms with Crippen molar-refractivity contribution in [1.82, 2.24) is 19.3 Å². The maximum atomic E-state index is 13.7. The van der Waals surface area contributed by atoms with Crippen LogP contribution in [0.3, 0.4) is 0 Å². The molecule has 1 aromatic carbocycles. The Balaban J connectivity index is 1.52. The van der Waals surface area contributed by atoms with Gasteiger partial charge < -0.3 is 14.3 Å². The van der Waals surface area contributed by atoms with Crippen LogP contribution in [0, 0.1) is 26.7 Å². The topological polar surface area (TPSA) is 87.0 Å². The number of carbonyl (C=O) groups excluding carboxylic acids is 1. The van der Waals surface area contributed by atoms with E-state index in [2.05, 4.69) is 17.0 Å². The number of piperazine rings is 1. The summed E-state index contributed by atoms with van der Waals surface area (Å²) in [6, 6.07) is 6.12. The van der Waals surface area contributed by atoms with E-state index in [1.807, 2.05) is 43.0 Å². The molecule has 0 radical (unpaired) electrons. The molecule has 2 aromatic rings. The van der Waals surface area contributed by atoms with E-state index in [0.29, 0.717) is 38.2 Å². The second-order valence-electron chi connectivity index (χ2n) is 9.62. The predicted molar refractivity (Wildman–Crippen MR) is 136 cm³/mol. The van der Waals surface area contributed by atoms with Crippen LogP contribution in [0.1, 0.15) is 47.9 Å². The van der Waals surface area contributed by atoms with Crippen LogP contribution >= 0.6 is 0 Å². The number of aryl methyl sites for hydroxylation is 3. The molecule has 190 valence electrons. The van der Waals surface area contributed by atoms with Gasteiger partial charge in [0.25, 0.3) is 0 Å². The average molecular weight is 501 g/mol. The van der Waals surface area contributed by atoms with E-state index < -0.39 is 10.0 Å². The largest absolute Gasteiger partial charge is 0.355 e. The van der Waals surface area contributed by atoms with Crippen LogP contribution in [0.4, 0.5) is 0 Å². The number of hydrogen-bond acceptors (Lipinski definition) is 6. The second kappa shape index (κ2) is 10.6. The van der Waals surface area contributed by atoms with Crippen molar-refractivity contribution in [3.05, 3.63) is 46.3 Å². The molecule has 2 saturated heterocycles. The number of carbonyl (C=O) groups is 1. The first-order chi connectivity index (χ1) is 16.7. The quantitative estimate of drug-likeness (QED) is 0.605. The Kier molecular flexibility index (Phi) is 7.78. The van der Waals surface area contributed by atoms with E-state index in [-0.39, 0.29) is 29.0 Å². The normalized spacial score (nSPS) is 20.6. The first-order valence-corrected chi connectivity index (χ1v) is 13.9. The SMILES string of the molecule is CCN1CCN(C(=O)[C@@H]2CCCN(S(=O)(=O)c3c(C)noc3/C=C/c3cc(C)ccc3C)C2)CC1. The van der Waals surface area contributed by atoms with Crippen molar-refractivity contribution in [2.45, 2.75) is 45.4 Å². The zero-order valence-electron chi connectivity index (χ0n) is 21.2. The Labute approximate surface area is 208 Å². The molecule has 0 saturated carbocycles. The van der Waals surface area contributed by atoms with Gasteiger partial charge in [-0.05, 0) is 57.4 Å². The Morgan fingerprint density at radius 3 is 2.57 bits per heavy atom. The van der Waals surface area contributed by atoms with Gasteiger partial charge in [-0.15, -0.1) is 0 Å². The van der Waals surface area contributed by atoms with Crippen molar-refractivity contribution < 1.29 is 17.7 Å². The number of likely N-dealkylation sites (N-methyl/N-ethyl adjacent to an activating group) is 1. The molecule has 8 nitrogen and oxygen atoms in total. The van der Waals surface area contributed by atoms with E-state index in [1.54, 1.807) is 13.0 Å². The molecule has 2 fully saturated rings. The molecule has 4 rings (SSSR count). The smallest absolute Gasteiger partial charge is 0.248 e. The third-order valence-corrected chi connectivity index (χ3v) is 9.17. The second-order valence-corrected chi connectivity index (χ2v) is 11.5. The summed E-state index contributed by atoms with van der Waals surface area (Å²) in [5.41, 5.74) is 3.53. The first kappa shape index (κ1) is 25.6. The number of amides is 1. The lowest BCUT2D eigenvalue weighted by Crippen LogP contribution is -2.52. The van der Waals surface area contributed by atoms with Crippen LogP contribution in [0.25, 0.3) is 12.2 Å². The zero-order chi connectivity index (χ0) is 25.2. The van der Waals surface area contributed by atoms with Gasteiger partial charge in [-0.25, -0.2) is 8.42 Å². The van der Waals surface area contributed by atoms with Crippen molar-refractivity contribution in [2.24, 2.45) is 5.92 Å². The van der Waals surface area contributed by atoms with Gasteiger partial charge in [0.2, 0.25) is 15.9 Å². The standard InChI is InChI=1S/C26H36N4O4S/c1-5-28-13-15-29(16-14-28)26(31)23-7-6-12-30(18-23)35(32,33)25-21(4)27-34-24(25)11-10-22-17-19(2)8-9-20(22)3/h8-11,17,23H,5-7,12-16,18H2,1-4H3/b11-10+/t23-/m1/s1. The van der Waals surface area contributed by atoms with Gasteiger partial charge in [0.1, 0.15) is 5.69 Å². The van der Waals surface area contributed by atoms with Crippen molar-refractivity contribution in [2.75, 3.05) is 45.8 Å². The van der Waals surface area contributed by atoms with Crippen LogP contribution in [-0.4, -0.2) is 79.4 Å². The number of piperidine rings is 1. The minimum Gasteiger partial charge on any atom is -0.355 e. The molecule has 0 bridgehead atoms. The highest BCUT2D eigenvalue weighted by Gasteiger charge is 2.38. The number of benzene rings is 1. The summed E-state index contributed by atoms with van der Waals surface area (Å²) >= 11 is 0. The molecule has 1 amide bonds. The predicted octanol–water partition coefficient (Wildman–Crippen LogP) is 3.34. The lowest BCUT2D eigenvalue weighted by molar-refractivity contribution is -0.138. The van der Waals surface area contributed by atoms with E-state index in [9.17, 15) is 13.2 Å². The Morgan fingerprint density at radius 1 is 1.11 bits per heavy atom. The summed E-state index contributed by atoms with van der Waals surface area (Å²) in [7, 11) is -3.87. The number of sulfonamides is 1. The van der Waals surface area contributed by atoms with E-state index >= 15 is 0 Å². The average Bonchev–Trinajstić information content (AvgIpc) is 3.25. The summed E-state index contributed by atoms with van der Waals surface area (Å²) in [6.45, 7) is 12.5. The molecule has 2 aliphatic rings. The molecule has 2 aliphatic heterocycles. The van der Waals surface area contributed by atoms with Crippen molar-refractivity contribution in [1.29, 1.82) is 0 Å². The van der Waals surface area contributed by atoms with Gasteiger partial charge in [0.15, 0.2) is 10.7 Å². The molecule has 0 N–H and O–H groups in total. The summed E-state index contributed by atoms with van der Waals surface area (Å²) in [4.78, 5) is 17.5. The molecule has 1 atom stereocenters. The molecule has 9 heteroatoms. The molecule has 0 spiro atoms. The lowest BCUT2D eigenvalue weighted by Gasteiger charge is -2.38. The maximum Gasteiger partial charge on any atom is 0.248 e. The van der Waals surface area contributed by atoms with Crippen LogP contribution in [0.15, 0.2) is 27.6 Å². The molecular formula is C26H36N4O4S. The van der Waals surface area contributed by atoms with E-state index in [0.717, 1.165) is 36.3 Å². The molecular weight excluding hydrogens is 464 g/mol. The van der Waals surface area contributed by atoms with Crippen LogP contribution in [0.5, 0.6) is 0 Å². The molecule has 1 aromatic heterocycles. The third kappa shape index (κ3) is 5.52. The number of aromatic nitrogens is 1. The van der Waals surface area contributed by atoms with Gasteiger partial charge in [-0.2, -0.15) is 4.31 Å². The monoisotopic (exact) mass is 500 g/mol. The fraction of sp³-hybridized carbons (Fsp3) is 0.538. The third-order valence-electron chi connectivity index (χ3n) is 7.14. The minimum atomic E-state index is -3.87. The van der Waals surface area contributed by atoms with Crippen molar-refractivity contribution in [3.8, 4) is 0 Å². The summed E-state index contributed by atoms with van der Waals surface area (Å²) < 4.78 is 34.3. The fourth-order valence-electron chi connectivity index (χ4n) is 4.94. The summed E-state index contributed by atoms with van der Waals surface area (Å²) in [5, 5.41) is 3.96. The van der Waals surface area contributed by atoms with Gasteiger partial charge in [0.05, 0.1) is 5.92 Å². The summed E-state index contributed by atoms with van der Waals surface area (Å²) in [6.07, 6.45) is 4.90. The minimum absolute atomic E-state index is 0.0673. The molecule has 35 heavy (non-hydrogen) atoms. The van der Waals surface area contributed by atoms with Crippen LogP contribution in [0.2, 0.25) is 0 Å². The van der Waals surface area contributed by atoms with Crippen molar-refractivity contribution >= 4 is 28.1 Å². The van der Waals surface area contributed by atoms with Gasteiger partial charge in [0, 0.05) is 39.3 Å². The number of rotatable bonds is 6. The molecule has 3 heterocycles. The number of hydrogen-bond donors (Lipinski definition) is 0. The lowest BCUT2D eigenvalue weighted by atomic mass is 9.98.